The topological polar surface area (TPSA) is 58.1 Å². The Labute approximate surface area is 178 Å². The number of nitrogens with one attached hydrogen (secondary N) is 2. The summed E-state index contributed by atoms with van der Waals surface area (Å²) in [4.78, 5) is 7.93. The van der Waals surface area contributed by atoms with Gasteiger partial charge in [-0.3, -0.25) is 4.99 Å². The van der Waals surface area contributed by atoms with Gasteiger partial charge in [0.1, 0.15) is 0 Å². The van der Waals surface area contributed by atoms with Crippen LogP contribution in [0.5, 0.6) is 11.5 Å². The quantitative estimate of drug-likeness (QED) is 0.482. The van der Waals surface area contributed by atoms with E-state index in [0.717, 1.165) is 29.6 Å². The van der Waals surface area contributed by atoms with Crippen molar-refractivity contribution in [1.82, 2.24) is 15.5 Å². The molecule has 7 heteroatoms. The Balaban J connectivity index is 2.03. The van der Waals surface area contributed by atoms with Crippen molar-refractivity contribution in [1.29, 1.82) is 0 Å². The number of thiophene rings is 1. The summed E-state index contributed by atoms with van der Waals surface area (Å²) in [6, 6.07) is 10.5. The van der Waals surface area contributed by atoms with Crippen LogP contribution < -0.4 is 20.1 Å². The zero-order valence-corrected chi connectivity index (χ0v) is 19.4. The Kier molecular flexibility index (Phi) is 8.34. The van der Waals surface area contributed by atoms with E-state index in [2.05, 4.69) is 72.0 Å². The van der Waals surface area contributed by atoms with Crippen molar-refractivity contribution >= 4 is 17.3 Å². The molecule has 1 aromatic carbocycles. The predicted molar refractivity (Wildman–Crippen MR) is 123 cm³/mol. The van der Waals surface area contributed by atoms with Gasteiger partial charge in [0, 0.05) is 30.4 Å². The first kappa shape index (κ1) is 23.0. The average molecular weight is 419 g/mol. The summed E-state index contributed by atoms with van der Waals surface area (Å²) in [7, 11) is 9.24. The van der Waals surface area contributed by atoms with E-state index in [0.29, 0.717) is 6.54 Å². The van der Waals surface area contributed by atoms with Crippen LogP contribution in [-0.2, 0) is 5.41 Å². The van der Waals surface area contributed by atoms with E-state index in [-0.39, 0.29) is 11.5 Å². The van der Waals surface area contributed by atoms with Gasteiger partial charge in [-0.15, -0.1) is 11.3 Å². The molecule has 0 spiro atoms. The lowest BCUT2D eigenvalue weighted by Gasteiger charge is -2.28. The van der Waals surface area contributed by atoms with Crippen LogP contribution in [0.3, 0.4) is 0 Å². The van der Waals surface area contributed by atoms with Crippen molar-refractivity contribution in [3.8, 4) is 11.5 Å². The van der Waals surface area contributed by atoms with Crippen LogP contribution >= 0.6 is 11.3 Å². The SMILES string of the molecule is CN=C(NCC(c1ccc(OC)c(OC)c1)N(C)C)NCC(C)(C)c1cccs1. The van der Waals surface area contributed by atoms with Gasteiger partial charge in [0.25, 0.3) is 0 Å². The highest BCUT2D eigenvalue weighted by atomic mass is 32.1. The van der Waals surface area contributed by atoms with Crippen LogP contribution in [0.25, 0.3) is 0 Å². The number of nitrogens with zero attached hydrogens (tertiary/aromatic N) is 2. The summed E-state index contributed by atoms with van der Waals surface area (Å²) in [5, 5.41) is 9.05. The molecule has 2 rings (SSSR count). The monoisotopic (exact) mass is 418 g/mol. The van der Waals surface area contributed by atoms with Crippen molar-refractivity contribution in [2.24, 2.45) is 4.99 Å². The Morgan fingerprint density at radius 3 is 2.41 bits per heavy atom. The zero-order chi connectivity index (χ0) is 21.4. The average Bonchev–Trinajstić information content (AvgIpc) is 3.25. The van der Waals surface area contributed by atoms with Gasteiger partial charge >= 0.3 is 0 Å². The number of benzene rings is 1. The van der Waals surface area contributed by atoms with Crippen LogP contribution in [-0.4, -0.2) is 59.3 Å². The summed E-state index contributed by atoms with van der Waals surface area (Å²) in [6.07, 6.45) is 0. The van der Waals surface area contributed by atoms with E-state index in [9.17, 15) is 0 Å². The van der Waals surface area contributed by atoms with Gasteiger partial charge in [-0.05, 0) is 43.2 Å². The fourth-order valence-corrected chi connectivity index (χ4v) is 3.98. The third-order valence-electron chi connectivity index (χ3n) is 4.99. The minimum absolute atomic E-state index is 0.0378. The van der Waals surface area contributed by atoms with E-state index in [1.54, 1.807) is 32.6 Å². The number of methoxy groups -OCH3 is 2. The van der Waals surface area contributed by atoms with Crippen molar-refractivity contribution < 1.29 is 9.47 Å². The molecule has 1 unspecified atom stereocenters. The molecule has 0 aliphatic rings. The van der Waals surface area contributed by atoms with Crippen LogP contribution in [0.4, 0.5) is 0 Å². The molecule has 1 aromatic heterocycles. The molecule has 0 radical (unpaired) electrons. The van der Waals surface area contributed by atoms with Gasteiger partial charge in [0.2, 0.25) is 0 Å². The third kappa shape index (κ3) is 6.11. The van der Waals surface area contributed by atoms with Crippen molar-refractivity contribution in [2.45, 2.75) is 25.3 Å². The second kappa shape index (κ2) is 10.5. The van der Waals surface area contributed by atoms with E-state index >= 15 is 0 Å². The zero-order valence-electron chi connectivity index (χ0n) is 18.6. The van der Waals surface area contributed by atoms with E-state index in [4.69, 9.17) is 9.47 Å². The lowest BCUT2D eigenvalue weighted by atomic mass is 9.91. The molecule has 0 saturated heterocycles. The number of guanidine groups is 1. The van der Waals surface area contributed by atoms with Crippen LogP contribution in [0.2, 0.25) is 0 Å². The Morgan fingerprint density at radius 2 is 1.86 bits per heavy atom. The first-order valence-electron chi connectivity index (χ1n) is 9.69. The number of likely N-dealkylation sites (N-methyl/N-ethyl adjacent to an activating group) is 1. The van der Waals surface area contributed by atoms with E-state index < -0.39 is 0 Å². The smallest absolute Gasteiger partial charge is 0.191 e. The summed E-state index contributed by atoms with van der Waals surface area (Å²) in [6.45, 7) is 5.99. The normalized spacial score (nSPS) is 13.3. The van der Waals surface area contributed by atoms with Crippen molar-refractivity contribution in [2.75, 3.05) is 48.5 Å². The second-order valence-electron chi connectivity index (χ2n) is 7.76. The number of hydrogen-bond donors (Lipinski definition) is 2. The molecule has 0 aliphatic heterocycles. The molecule has 1 atom stereocenters. The molecule has 2 N–H and O–H groups in total. The highest BCUT2D eigenvalue weighted by Gasteiger charge is 2.22. The Bertz CT molecular complexity index is 788. The van der Waals surface area contributed by atoms with Crippen molar-refractivity contribution in [3.63, 3.8) is 0 Å². The Morgan fingerprint density at radius 1 is 1.14 bits per heavy atom. The highest BCUT2D eigenvalue weighted by molar-refractivity contribution is 7.10. The minimum Gasteiger partial charge on any atom is -0.493 e. The lowest BCUT2D eigenvalue weighted by molar-refractivity contribution is 0.295. The summed E-state index contributed by atoms with van der Waals surface area (Å²) >= 11 is 1.79. The van der Waals surface area contributed by atoms with Gasteiger partial charge in [0.15, 0.2) is 17.5 Å². The molecule has 29 heavy (non-hydrogen) atoms. The molecule has 0 bridgehead atoms. The fraction of sp³-hybridized carbons (Fsp3) is 0.500. The summed E-state index contributed by atoms with van der Waals surface area (Å²) in [5.41, 5.74) is 1.19. The summed E-state index contributed by atoms with van der Waals surface area (Å²) < 4.78 is 10.8. The summed E-state index contributed by atoms with van der Waals surface area (Å²) in [5.74, 6) is 2.26. The largest absolute Gasteiger partial charge is 0.493 e. The number of aliphatic imine (C=N–C) groups is 1. The number of rotatable bonds is 9. The van der Waals surface area contributed by atoms with E-state index in [1.807, 2.05) is 12.1 Å². The fourth-order valence-electron chi connectivity index (χ4n) is 3.13. The minimum atomic E-state index is 0.0378. The standard InChI is InChI=1S/C22H34N4O2S/c1-22(2,20-9-8-12-29-20)15-25-21(23-3)24-14-17(26(4)5)16-10-11-18(27-6)19(13-16)28-7/h8-13,17H,14-15H2,1-7H3,(H2,23,24,25). The molecular formula is C22H34N4O2S. The Hall–Kier alpha value is -2.25. The van der Waals surface area contributed by atoms with E-state index in [1.165, 1.54) is 4.88 Å². The molecule has 6 nitrogen and oxygen atoms in total. The maximum absolute atomic E-state index is 5.47. The number of ether oxygens (including phenoxy) is 2. The first-order valence-corrected chi connectivity index (χ1v) is 10.6. The maximum atomic E-state index is 5.47. The lowest BCUT2D eigenvalue weighted by Crippen LogP contribution is -2.45. The van der Waals surface area contributed by atoms with Gasteiger partial charge < -0.3 is 25.0 Å². The van der Waals surface area contributed by atoms with Gasteiger partial charge in [-0.25, -0.2) is 0 Å². The van der Waals surface area contributed by atoms with Gasteiger partial charge in [-0.2, -0.15) is 0 Å². The van der Waals surface area contributed by atoms with Gasteiger partial charge in [-0.1, -0.05) is 26.0 Å². The molecule has 2 aromatic rings. The third-order valence-corrected chi connectivity index (χ3v) is 6.22. The van der Waals surface area contributed by atoms with Crippen LogP contribution in [0.15, 0.2) is 40.7 Å². The maximum Gasteiger partial charge on any atom is 0.191 e. The first-order chi connectivity index (χ1) is 13.8. The number of hydrogen-bond acceptors (Lipinski definition) is 5. The molecular weight excluding hydrogens is 384 g/mol. The van der Waals surface area contributed by atoms with Gasteiger partial charge in [0.05, 0.1) is 20.3 Å². The van der Waals surface area contributed by atoms with Crippen LogP contribution in [0.1, 0.15) is 30.3 Å². The second-order valence-corrected chi connectivity index (χ2v) is 8.71. The highest BCUT2D eigenvalue weighted by Crippen LogP contribution is 2.31. The van der Waals surface area contributed by atoms with Crippen LogP contribution in [0, 0.1) is 0 Å². The predicted octanol–water partition coefficient (Wildman–Crippen LogP) is 3.51. The molecule has 0 saturated carbocycles. The molecule has 160 valence electrons. The van der Waals surface area contributed by atoms with Crippen molar-refractivity contribution in [3.05, 3.63) is 46.2 Å². The molecule has 0 fully saturated rings. The molecule has 1 heterocycles. The molecule has 0 amide bonds. The molecule has 0 aliphatic carbocycles.